The van der Waals surface area contributed by atoms with Gasteiger partial charge in [-0.05, 0) is 25.2 Å². The maximum Gasteiger partial charge on any atom is 0.242 e. The van der Waals surface area contributed by atoms with E-state index >= 15 is 0 Å². The fourth-order valence-electron chi connectivity index (χ4n) is 2.64. The third-order valence-electron chi connectivity index (χ3n) is 4.07. The van der Waals surface area contributed by atoms with Crippen LogP contribution in [0.3, 0.4) is 0 Å². The predicted molar refractivity (Wildman–Crippen MR) is 61.5 cm³/mol. The SMILES string of the molecule is CN(CCC1CCCC1)C(=O)C1(C#N)CC1. The third-order valence-corrected chi connectivity index (χ3v) is 4.07. The van der Waals surface area contributed by atoms with E-state index in [9.17, 15) is 4.79 Å². The highest BCUT2D eigenvalue weighted by molar-refractivity contribution is 5.88. The van der Waals surface area contributed by atoms with Crippen LogP contribution in [0.2, 0.25) is 0 Å². The summed E-state index contributed by atoms with van der Waals surface area (Å²) in [6.45, 7) is 0.826. The van der Waals surface area contributed by atoms with E-state index in [0.29, 0.717) is 0 Å². The maximum atomic E-state index is 12.0. The van der Waals surface area contributed by atoms with E-state index in [1.165, 1.54) is 25.7 Å². The van der Waals surface area contributed by atoms with Gasteiger partial charge < -0.3 is 4.90 Å². The molecule has 2 rings (SSSR count). The summed E-state index contributed by atoms with van der Waals surface area (Å²) in [7, 11) is 1.84. The highest BCUT2D eigenvalue weighted by Gasteiger charge is 2.51. The molecule has 88 valence electrons. The van der Waals surface area contributed by atoms with Crippen molar-refractivity contribution in [1.82, 2.24) is 4.90 Å². The molecule has 2 saturated carbocycles. The molecule has 0 atom stereocenters. The standard InChI is InChI=1S/C13H20N2O/c1-15(9-6-11-4-2-3-5-11)12(16)13(10-14)7-8-13/h11H,2-9H2,1H3. The van der Waals surface area contributed by atoms with Gasteiger partial charge in [0.2, 0.25) is 5.91 Å². The van der Waals surface area contributed by atoms with Crippen molar-refractivity contribution in [2.45, 2.75) is 44.9 Å². The smallest absolute Gasteiger partial charge is 0.242 e. The first kappa shape index (κ1) is 11.4. The van der Waals surface area contributed by atoms with Gasteiger partial charge in [0.15, 0.2) is 0 Å². The molecule has 0 aromatic rings. The van der Waals surface area contributed by atoms with Gasteiger partial charge >= 0.3 is 0 Å². The molecule has 0 N–H and O–H groups in total. The van der Waals surface area contributed by atoms with Crippen LogP contribution in [-0.2, 0) is 4.79 Å². The van der Waals surface area contributed by atoms with E-state index in [0.717, 1.165) is 31.7 Å². The van der Waals surface area contributed by atoms with Crippen molar-refractivity contribution in [3.8, 4) is 6.07 Å². The van der Waals surface area contributed by atoms with E-state index in [2.05, 4.69) is 6.07 Å². The van der Waals surface area contributed by atoms with Gasteiger partial charge in [-0.3, -0.25) is 4.79 Å². The van der Waals surface area contributed by atoms with Crippen molar-refractivity contribution in [2.24, 2.45) is 11.3 Å². The van der Waals surface area contributed by atoms with Crippen molar-refractivity contribution in [3.05, 3.63) is 0 Å². The molecule has 0 aromatic heterocycles. The van der Waals surface area contributed by atoms with Crippen LogP contribution in [0.25, 0.3) is 0 Å². The Kier molecular flexibility index (Phi) is 3.18. The summed E-state index contributed by atoms with van der Waals surface area (Å²) in [5, 5.41) is 8.96. The van der Waals surface area contributed by atoms with Gasteiger partial charge in [-0.15, -0.1) is 0 Å². The fourth-order valence-corrected chi connectivity index (χ4v) is 2.64. The molecule has 0 radical (unpaired) electrons. The van der Waals surface area contributed by atoms with Crippen molar-refractivity contribution in [3.63, 3.8) is 0 Å². The first-order chi connectivity index (χ1) is 7.68. The molecule has 3 nitrogen and oxygen atoms in total. The number of hydrogen-bond acceptors (Lipinski definition) is 2. The van der Waals surface area contributed by atoms with Gasteiger partial charge in [0, 0.05) is 13.6 Å². The van der Waals surface area contributed by atoms with E-state index in [1.807, 2.05) is 7.05 Å². The lowest BCUT2D eigenvalue weighted by Crippen LogP contribution is -2.34. The van der Waals surface area contributed by atoms with Crippen LogP contribution in [0.15, 0.2) is 0 Å². The molecule has 2 aliphatic rings. The Bertz CT molecular complexity index is 308. The molecule has 16 heavy (non-hydrogen) atoms. The zero-order valence-electron chi connectivity index (χ0n) is 10.0. The molecule has 0 unspecified atom stereocenters. The Hall–Kier alpha value is -1.04. The van der Waals surface area contributed by atoms with E-state index in [4.69, 9.17) is 5.26 Å². The lowest BCUT2D eigenvalue weighted by atomic mass is 10.0. The third kappa shape index (κ3) is 2.21. The Morgan fingerprint density at radius 3 is 2.56 bits per heavy atom. The predicted octanol–water partition coefficient (Wildman–Crippen LogP) is 2.33. The summed E-state index contributed by atoms with van der Waals surface area (Å²) < 4.78 is 0. The first-order valence-electron chi connectivity index (χ1n) is 6.35. The molecule has 0 spiro atoms. The molecular formula is C13H20N2O. The second-order valence-electron chi connectivity index (χ2n) is 5.36. The molecule has 3 heteroatoms. The number of carbonyl (C=O) groups is 1. The van der Waals surface area contributed by atoms with Crippen molar-refractivity contribution >= 4 is 5.91 Å². The Labute approximate surface area is 97.4 Å². The van der Waals surface area contributed by atoms with Gasteiger partial charge in [0.25, 0.3) is 0 Å². The topological polar surface area (TPSA) is 44.1 Å². The van der Waals surface area contributed by atoms with Crippen LogP contribution < -0.4 is 0 Å². The Morgan fingerprint density at radius 1 is 1.44 bits per heavy atom. The molecule has 0 saturated heterocycles. The molecular weight excluding hydrogens is 200 g/mol. The summed E-state index contributed by atoms with van der Waals surface area (Å²) in [5.74, 6) is 0.862. The van der Waals surface area contributed by atoms with Crippen molar-refractivity contribution in [2.75, 3.05) is 13.6 Å². The van der Waals surface area contributed by atoms with Crippen LogP contribution in [-0.4, -0.2) is 24.4 Å². The number of nitriles is 1. The van der Waals surface area contributed by atoms with E-state index < -0.39 is 5.41 Å². The molecule has 0 aliphatic heterocycles. The zero-order chi connectivity index (χ0) is 11.6. The van der Waals surface area contributed by atoms with Crippen LogP contribution in [0.4, 0.5) is 0 Å². The maximum absolute atomic E-state index is 12.0. The summed E-state index contributed by atoms with van der Waals surface area (Å²) in [6.07, 6.45) is 7.99. The van der Waals surface area contributed by atoms with Gasteiger partial charge in [-0.25, -0.2) is 0 Å². The van der Waals surface area contributed by atoms with Gasteiger partial charge in [0.05, 0.1) is 6.07 Å². The monoisotopic (exact) mass is 220 g/mol. The largest absolute Gasteiger partial charge is 0.344 e. The average molecular weight is 220 g/mol. The Morgan fingerprint density at radius 2 is 2.06 bits per heavy atom. The van der Waals surface area contributed by atoms with E-state index in [-0.39, 0.29) is 5.91 Å². The van der Waals surface area contributed by atoms with Gasteiger partial charge in [-0.1, -0.05) is 25.7 Å². The number of carbonyl (C=O) groups excluding carboxylic acids is 1. The second kappa shape index (κ2) is 4.45. The zero-order valence-corrected chi connectivity index (χ0v) is 10.0. The van der Waals surface area contributed by atoms with Crippen LogP contribution in [0.5, 0.6) is 0 Å². The molecule has 0 bridgehead atoms. The number of rotatable bonds is 4. The normalized spacial score (nSPS) is 22.8. The highest BCUT2D eigenvalue weighted by atomic mass is 16.2. The minimum atomic E-state index is -0.634. The number of nitrogens with zero attached hydrogens (tertiary/aromatic N) is 2. The first-order valence-corrected chi connectivity index (χ1v) is 6.35. The van der Waals surface area contributed by atoms with Crippen LogP contribution >= 0.6 is 0 Å². The highest BCUT2D eigenvalue weighted by Crippen LogP contribution is 2.46. The molecule has 0 aromatic carbocycles. The lowest BCUT2D eigenvalue weighted by Gasteiger charge is -2.21. The summed E-state index contributed by atoms with van der Waals surface area (Å²) >= 11 is 0. The molecule has 0 heterocycles. The summed E-state index contributed by atoms with van der Waals surface area (Å²) in [5.41, 5.74) is -0.634. The van der Waals surface area contributed by atoms with Crippen molar-refractivity contribution < 1.29 is 4.79 Å². The molecule has 2 aliphatic carbocycles. The number of amides is 1. The second-order valence-corrected chi connectivity index (χ2v) is 5.36. The summed E-state index contributed by atoms with van der Waals surface area (Å²) in [4.78, 5) is 13.7. The molecule has 1 amide bonds. The van der Waals surface area contributed by atoms with Crippen molar-refractivity contribution in [1.29, 1.82) is 5.26 Å². The average Bonchev–Trinajstić information content (AvgIpc) is 2.94. The fraction of sp³-hybridized carbons (Fsp3) is 0.846. The quantitative estimate of drug-likeness (QED) is 0.729. The number of hydrogen-bond donors (Lipinski definition) is 0. The lowest BCUT2D eigenvalue weighted by molar-refractivity contribution is -0.133. The summed E-state index contributed by atoms with van der Waals surface area (Å²) in [6, 6.07) is 2.17. The van der Waals surface area contributed by atoms with Gasteiger partial charge in [-0.2, -0.15) is 5.26 Å². The molecule has 2 fully saturated rings. The van der Waals surface area contributed by atoms with Crippen LogP contribution in [0.1, 0.15) is 44.9 Å². The van der Waals surface area contributed by atoms with Gasteiger partial charge in [0.1, 0.15) is 5.41 Å². The van der Waals surface area contributed by atoms with E-state index in [1.54, 1.807) is 4.90 Å². The minimum Gasteiger partial charge on any atom is -0.344 e. The Balaban J connectivity index is 1.77. The minimum absolute atomic E-state index is 0.0491. The van der Waals surface area contributed by atoms with Crippen LogP contribution in [0, 0.1) is 22.7 Å².